The largest absolute Gasteiger partial charge is 0.271 e. The quantitative estimate of drug-likeness (QED) is 0.449. The molecule has 0 bridgehead atoms. The van der Waals surface area contributed by atoms with Gasteiger partial charge in [-0.15, -0.1) is 0 Å². The van der Waals surface area contributed by atoms with Crippen LogP contribution in [0.5, 0.6) is 0 Å². The van der Waals surface area contributed by atoms with Gasteiger partial charge < -0.3 is 0 Å². The number of hydrogen-bond acceptors (Lipinski definition) is 2. The van der Waals surface area contributed by atoms with Crippen LogP contribution in [0.15, 0.2) is 22.7 Å². The monoisotopic (exact) mass is 298 g/mol. The molecule has 0 amide bonds. The number of hydrazine groups is 1. The number of halogens is 1. The average Bonchev–Trinajstić information content (AvgIpc) is 2.28. The van der Waals surface area contributed by atoms with Crippen molar-refractivity contribution in [2.24, 2.45) is 5.84 Å². The Morgan fingerprint density at radius 3 is 2.59 bits per heavy atom. The van der Waals surface area contributed by atoms with Gasteiger partial charge in [-0.3, -0.25) is 11.3 Å². The van der Waals surface area contributed by atoms with E-state index in [1.165, 1.54) is 36.8 Å². The molecule has 0 fully saturated rings. The minimum atomic E-state index is 0.267. The van der Waals surface area contributed by atoms with Crippen molar-refractivity contribution in [2.45, 2.75) is 52.0 Å². The van der Waals surface area contributed by atoms with Crippen molar-refractivity contribution >= 4 is 15.9 Å². The van der Waals surface area contributed by atoms with E-state index < -0.39 is 0 Å². The van der Waals surface area contributed by atoms with Crippen LogP contribution in [-0.2, 0) is 0 Å². The van der Waals surface area contributed by atoms with Crippen LogP contribution in [0.25, 0.3) is 0 Å². The van der Waals surface area contributed by atoms with Crippen molar-refractivity contribution in [3.8, 4) is 0 Å². The van der Waals surface area contributed by atoms with Gasteiger partial charge in [0, 0.05) is 10.5 Å². The van der Waals surface area contributed by atoms with Gasteiger partial charge >= 0.3 is 0 Å². The summed E-state index contributed by atoms with van der Waals surface area (Å²) in [6.07, 6.45) is 6.22. The number of nitrogens with two attached hydrogens (primary N) is 1. The first-order valence-corrected chi connectivity index (χ1v) is 7.20. The zero-order valence-electron chi connectivity index (χ0n) is 10.8. The molecule has 1 atom stereocenters. The van der Waals surface area contributed by atoms with Gasteiger partial charge in [-0.1, -0.05) is 54.6 Å². The topological polar surface area (TPSA) is 38.0 Å². The molecule has 0 spiro atoms. The number of nitrogens with one attached hydrogen (secondary N) is 1. The summed E-state index contributed by atoms with van der Waals surface area (Å²) in [6.45, 7) is 4.34. The highest BCUT2D eigenvalue weighted by atomic mass is 79.9. The Labute approximate surface area is 113 Å². The van der Waals surface area contributed by atoms with E-state index >= 15 is 0 Å². The fourth-order valence-corrected chi connectivity index (χ4v) is 2.71. The first-order valence-electron chi connectivity index (χ1n) is 6.40. The van der Waals surface area contributed by atoms with Crippen LogP contribution in [0, 0.1) is 6.92 Å². The predicted octanol–water partition coefficient (Wildman–Crippen LogP) is 4.23. The molecule has 0 aliphatic rings. The summed E-state index contributed by atoms with van der Waals surface area (Å²) >= 11 is 3.53. The molecule has 17 heavy (non-hydrogen) atoms. The predicted molar refractivity (Wildman–Crippen MR) is 77.7 cm³/mol. The second-order valence-corrected chi connectivity index (χ2v) is 5.55. The third kappa shape index (κ3) is 5.19. The summed E-state index contributed by atoms with van der Waals surface area (Å²) in [5.74, 6) is 5.65. The van der Waals surface area contributed by atoms with E-state index in [4.69, 9.17) is 5.84 Å². The van der Waals surface area contributed by atoms with Gasteiger partial charge in [-0.25, -0.2) is 0 Å². The lowest BCUT2D eigenvalue weighted by Gasteiger charge is -2.17. The summed E-state index contributed by atoms with van der Waals surface area (Å²) in [6, 6.07) is 6.74. The molecule has 3 heteroatoms. The Morgan fingerprint density at radius 1 is 1.24 bits per heavy atom. The average molecular weight is 299 g/mol. The first-order chi connectivity index (χ1) is 8.17. The molecular weight excluding hydrogens is 276 g/mol. The van der Waals surface area contributed by atoms with Crippen LogP contribution >= 0.6 is 15.9 Å². The van der Waals surface area contributed by atoms with Crippen molar-refractivity contribution in [1.29, 1.82) is 0 Å². The van der Waals surface area contributed by atoms with Gasteiger partial charge in [0.1, 0.15) is 0 Å². The van der Waals surface area contributed by atoms with Gasteiger partial charge in [0.2, 0.25) is 0 Å². The number of unbranched alkanes of at least 4 members (excludes halogenated alkanes) is 3. The van der Waals surface area contributed by atoms with Crippen LogP contribution in [0.3, 0.4) is 0 Å². The van der Waals surface area contributed by atoms with E-state index in [-0.39, 0.29) is 6.04 Å². The van der Waals surface area contributed by atoms with E-state index in [9.17, 15) is 0 Å². The van der Waals surface area contributed by atoms with E-state index in [2.05, 4.69) is 53.4 Å². The van der Waals surface area contributed by atoms with Crippen LogP contribution in [0.2, 0.25) is 0 Å². The van der Waals surface area contributed by atoms with Crippen LogP contribution in [-0.4, -0.2) is 0 Å². The summed E-state index contributed by atoms with van der Waals surface area (Å²) in [5, 5.41) is 0. The van der Waals surface area contributed by atoms with Gasteiger partial charge in [0.25, 0.3) is 0 Å². The second-order valence-electron chi connectivity index (χ2n) is 4.63. The highest BCUT2D eigenvalue weighted by Crippen LogP contribution is 2.24. The highest BCUT2D eigenvalue weighted by Gasteiger charge is 2.10. The molecule has 0 aliphatic carbocycles. The fraction of sp³-hybridized carbons (Fsp3) is 0.571. The van der Waals surface area contributed by atoms with Crippen molar-refractivity contribution < 1.29 is 0 Å². The molecule has 1 aromatic carbocycles. The summed E-state index contributed by atoms with van der Waals surface area (Å²) in [5.41, 5.74) is 5.47. The molecule has 1 unspecified atom stereocenters. The van der Waals surface area contributed by atoms with Crippen molar-refractivity contribution in [3.05, 3.63) is 33.8 Å². The molecule has 1 rings (SSSR count). The number of hydrogen-bond donors (Lipinski definition) is 2. The number of aryl methyl sites for hydroxylation is 1. The third-order valence-corrected chi connectivity index (χ3v) is 3.47. The Kier molecular flexibility index (Phi) is 6.78. The van der Waals surface area contributed by atoms with Gasteiger partial charge in [-0.05, 0) is 36.6 Å². The maximum absolute atomic E-state index is 5.65. The van der Waals surface area contributed by atoms with Gasteiger partial charge in [0.15, 0.2) is 0 Å². The summed E-state index contributed by atoms with van der Waals surface area (Å²) in [7, 11) is 0. The summed E-state index contributed by atoms with van der Waals surface area (Å²) in [4.78, 5) is 0. The standard InChI is InChI=1S/C14H23BrN2/c1-3-4-5-6-7-14(17-16)12-8-11(2)9-13(15)10-12/h8-10,14,17H,3-7,16H2,1-2H3. The fourth-order valence-electron chi connectivity index (χ4n) is 2.09. The lowest BCUT2D eigenvalue weighted by Crippen LogP contribution is -2.28. The van der Waals surface area contributed by atoms with E-state index in [0.717, 1.165) is 10.9 Å². The van der Waals surface area contributed by atoms with E-state index in [1.807, 2.05) is 0 Å². The maximum Gasteiger partial charge on any atom is 0.0460 e. The zero-order chi connectivity index (χ0) is 12.7. The Balaban J connectivity index is 2.59. The third-order valence-electron chi connectivity index (χ3n) is 3.01. The molecule has 1 aromatic rings. The molecule has 0 heterocycles. The Morgan fingerprint density at radius 2 is 2.00 bits per heavy atom. The normalized spacial score (nSPS) is 12.7. The molecule has 0 radical (unpaired) electrons. The number of benzene rings is 1. The second kappa shape index (κ2) is 7.85. The lowest BCUT2D eigenvalue weighted by molar-refractivity contribution is 0.481. The summed E-state index contributed by atoms with van der Waals surface area (Å²) < 4.78 is 1.13. The minimum absolute atomic E-state index is 0.267. The minimum Gasteiger partial charge on any atom is -0.271 e. The van der Waals surface area contributed by atoms with Crippen molar-refractivity contribution in [1.82, 2.24) is 5.43 Å². The molecule has 96 valence electrons. The Hall–Kier alpha value is -0.380. The van der Waals surface area contributed by atoms with Crippen LogP contribution < -0.4 is 11.3 Å². The lowest BCUT2D eigenvalue weighted by atomic mass is 9.99. The molecular formula is C14H23BrN2. The highest BCUT2D eigenvalue weighted by molar-refractivity contribution is 9.10. The van der Waals surface area contributed by atoms with Crippen molar-refractivity contribution in [3.63, 3.8) is 0 Å². The molecule has 0 aromatic heterocycles. The molecule has 0 saturated carbocycles. The van der Waals surface area contributed by atoms with Crippen LogP contribution in [0.1, 0.15) is 56.2 Å². The van der Waals surface area contributed by atoms with E-state index in [1.54, 1.807) is 0 Å². The van der Waals surface area contributed by atoms with Crippen molar-refractivity contribution in [2.75, 3.05) is 0 Å². The smallest absolute Gasteiger partial charge is 0.0460 e. The SMILES string of the molecule is CCCCCCC(NN)c1cc(C)cc(Br)c1. The zero-order valence-corrected chi connectivity index (χ0v) is 12.4. The maximum atomic E-state index is 5.65. The molecule has 0 aliphatic heterocycles. The van der Waals surface area contributed by atoms with Gasteiger partial charge in [-0.2, -0.15) is 0 Å². The van der Waals surface area contributed by atoms with Gasteiger partial charge in [0.05, 0.1) is 0 Å². The molecule has 3 N–H and O–H groups in total. The Bertz CT molecular complexity index is 319. The number of rotatable bonds is 7. The van der Waals surface area contributed by atoms with E-state index in [0.29, 0.717) is 0 Å². The first kappa shape index (κ1) is 14.7. The molecule has 2 nitrogen and oxygen atoms in total. The van der Waals surface area contributed by atoms with Crippen LogP contribution in [0.4, 0.5) is 0 Å². The molecule has 0 saturated heterocycles.